The summed E-state index contributed by atoms with van der Waals surface area (Å²) in [6, 6.07) is 2.68. The number of carbonyl (C=O) groups excluding carboxylic acids is 2. The van der Waals surface area contributed by atoms with Crippen LogP contribution in [-0.4, -0.2) is 24.6 Å². The summed E-state index contributed by atoms with van der Waals surface area (Å²) in [4.78, 5) is 23.5. The third-order valence-corrected chi connectivity index (χ3v) is 3.28. The molecule has 0 bridgehead atoms. The van der Waals surface area contributed by atoms with Crippen LogP contribution in [0.25, 0.3) is 0 Å². The normalized spacial score (nSPS) is 11.8. The number of benzene rings is 1. The summed E-state index contributed by atoms with van der Waals surface area (Å²) in [5.74, 6) is -1.30. The summed E-state index contributed by atoms with van der Waals surface area (Å²) >= 11 is 11.6. The van der Waals surface area contributed by atoms with Gasteiger partial charge < -0.3 is 15.2 Å². The Morgan fingerprint density at radius 1 is 1.30 bits per heavy atom. The molecule has 0 fully saturated rings. The minimum Gasteiger partial charge on any atom is -0.463 e. The molecule has 5 nitrogen and oxygen atoms in total. The Balaban J connectivity index is 2.87. The van der Waals surface area contributed by atoms with Crippen molar-refractivity contribution in [2.45, 2.75) is 26.4 Å². The first-order valence-corrected chi connectivity index (χ1v) is 6.78. The van der Waals surface area contributed by atoms with Crippen LogP contribution in [0.4, 0.5) is 5.69 Å². The highest BCUT2D eigenvalue weighted by atomic mass is 35.5. The van der Waals surface area contributed by atoms with E-state index in [9.17, 15) is 9.59 Å². The Labute approximate surface area is 126 Å². The van der Waals surface area contributed by atoms with Crippen molar-refractivity contribution < 1.29 is 19.1 Å². The molecule has 1 aromatic carbocycles. The van der Waals surface area contributed by atoms with Crippen molar-refractivity contribution in [1.29, 1.82) is 0 Å². The highest BCUT2D eigenvalue weighted by Gasteiger charge is 2.23. The van der Waals surface area contributed by atoms with E-state index < -0.39 is 18.0 Å². The van der Waals surface area contributed by atoms with Crippen molar-refractivity contribution in [3.05, 3.63) is 27.7 Å². The maximum Gasteiger partial charge on any atom is 0.347 e. The zero-order chi connectivity index (χ0) is 15.3. The summed E-state index contributed by atoms with van der Waals surface area (Å²) in [6.07, 6.45) is -0.653. The Bertz CT molecular complexity index is 496. The van der Waals surface area contributed by atoms with E-state index in [0.29, 0.717) is 6.42 Å². The van der Waals surface area contributed by atoms with Gasteiger partial charge in [0.05, 0.1) is 27.9 Å². The molecule has 0 saturated heterocycles. The molecule has 0 aliphatic rings. The molecule has 1 unspecified atom stereocenters. The molecule has 0 spiro atoms. The lowest BCUT2D eigenvalue weighted by molar-refractivity contribution is -0.153. The lowest BCUT2D eigenvalue weighted by Gasteiger charge is -2.15. The van der Waals surface area contributed by atoms with Gasteiger partial charge in [0.25, 0.3) is 0 Å². The fourth-order valence-corrected chi connectivity index (χ4v) is 1.79. The van der Waals surface area contributed by atoms with E-state index in [2.05, 4.69) is 0 Å². The van der Waals surface area contributed by atoms with Gasteiger partial charge in [-0.25, -0.2) is 9.59 Å². The fraction of sp³-hybridized carbons (Fsp3) is 0.385. The number of rotatable bonds is 5. The van der Waals surface area contributed by atoms with Crippen LogP contribution in [0.2, 0.25) is 10.0 Å². The first-order valence-electron chi connectivity index (χ1n) is 6.02. The van der Waals surface area contributed by atoms with Crippen LogP contribution in [-0.2, 0) is 14.3 Å². The first kappa shape index (κ1) is 16.6. The maximum atomic E-state index is 12.0. The zero-order valence-electron chi connectivity index (χ0n) is 11.1. The lowest BCUT2D eigenvalue weighted by Crippen LogP contribution is -2.28. The second-order valence-corrected chi connectivity index (χ2v) is 4.70. The standard InChI is InChI=1S/C13H15Cl2NO4/c1-3-10(13(18)19-4-2)20-12(17)7-5-8(14)11(15)9(16)6-7/h5-6,10H,3-4,16H2,1-2H3. The summed E-state index contributed by atoms with van der Waals surface area (Å²) < 4.78 is 9.89. The molecule has 1 atom stereocenters. The van der Waals surface area contributed by atoms with Crippen molar-refractivity contribution >= 4 is 40.8 Å². The molecule has 0 saturated carbocycles. The average molecular weight is 320 g/mol. The molecule has 1 rings (SSSR count). The number of halogens is 2. The largest absolute Gasteiger partial charge is 0.463 e. The minimum absolute atomic E-state index is 0.125. The van der Waals surface area contributed by atoms with Crippen LogP contribution in [0.15, 0.2) is 12.1 Å². The van der Waals surface area contributed by atoms with Gasteiger partial charge in [-0.15, -0.1) is 0 Å². The molecule has 0 aliphatic heterocycles. The number of nitrogen functional groups attached to an aromatic ring is 1. The van der Waals surface area contributed by atoms with E-state index >= 15 is 0 Å². The van der Waals surface area contributed by atoms with Crippen LogP contribution in [0, 0.1) is 0 Å². The summed E-state index contributed by atoms with van der Waals surface area (Å²) in [5, 5.41) is 0.309. The van der Waals surface area contributed by atoms with Crippen LogP contribution in [0.3, 0.4) is 0 Å². The molecule has 20 heavy (non-hydrogen) atoms. The van der Waals surface area contributed by atoms with Crippen LogP contribution >= 0.6 is 23.2 Å². The van der Waals surface area contributed by atoms with Crippen molar-refractivity contribution in [2.24, 2.45) is 0 Å². The van der Waals surface area contributed by atoms with Gasteiger partial charge >= 0.3 is 11.9 Å². The van der Waals surface area contributed by atoms with E-state index in [1.807, 2.05) is 0 Å². The Kier molecular flexibility index (Phi) is 6.10. The minimum atomic E-state index is -0.960. The van der Waals surface area contributed by atoms with Gasteiger partial charge in [-0.1, -0.05) is 30.1 Å². The number of hydrogen-bond donors (Lipinski definition) is 1. The van der Waals surface area contributed by atoms with E-state index in [-0.39, 0.29) is 27.9 Å². The van der Waals surface area contributed by atoms with E-state index in [1.54, 1.807) is 13.8 Å². The number of ether oxygens (including phenoxy) is 2. The van der Waals surface area contributed by atoms with Crippen molar-refractivity contribution in [1.82, 2.24) is 0 Å². The zero-order valence-corrected chi connectivity index (χ0v) is 12.6. The van der Waals surface area contributed by atoms with Gasteiger partial charge in [0.2, 0.25) is 0 Å². The summed E-state index contributed by atoms with van der Waals surface area (Å²) in [7, 11) is 0. The molecule has 7 heteroatoms. The van der Waals surface area contributed by atoms with Crippen molar-refractivity contribution in [3.63, 3.8) is 0 Å². The predicted molar refractivity (Wildman–Crippen MR) is 77.0 cm³/mol. The molecule has 2 N–H and O–H groups in total. The molecule has 0 amide bonds. The van der Waals surface area contributed by atoms with Crippen molar-refractivity contribution in [3.8, 4) is 0 Å². The molecule has 1 aromatic rings. The second-order valence-electron chi connectivity index (χ2n) is 3.92. The number of esters is 2. The molecule has 110 valence electrons. The molecule has 0 aromatic heterocycles. The third kappa shape index (κ3) is 4.02. The topological polar surface area (TPSA) is 78.6 Å². The monoisotopic (exact) mass is 319 g/mol. The van der Waals surface area contributed by atoms with E-state index in [0.717, 1.165) is 0 Å². The van der Waals surface area contributed by atoms with Gasteiger partial charge in [-0.2, -0.15) is 0 Å². The second kappa shape index (κ2) is 7.36. The Morgan fingerprint density at radius 3 is 2.45 bits per heavy atom. The highest BCUT2D eigenvalue weighted by Crippen LogP contribution is 2.29. The van der Waals surface area contributed by atoms with Gasteiger partial charge in [-0.05, 0) is 25.5 Å². The summed E-state index contributed by atoms with van der Waals surface area (Å²) in [5.41, 5.74) is 5.90. The summed E-state index contributed by atoms with van der Waals surface area (Å²) in [6.45, 7) is 3.59. The Morgan fingerprint density at radius 2 is 1.95 bits per heavy atom. The van der Waals surface area contributed by atoms with Crippen LogP contribution < -0.4 is 5.73 Å². The van der Waals surface area contributed by atoms with Gasteiger partial charge in [0, 0.05) is 0 Å². The molecule has 0 heterocycles. The number of hydrogen-bond acceptors (Lipinski definition) is 5. The van der Waals surface area contributed by atoms with E-state index in [4.69, 9.17) is 38.4 Å². The number of nitrogens with two attached hydrogens (primary N) is 1. The van der Waals surface area contributed by atoms with Gasteiger partial charge in [-0.3, -0.25) is 0 Å². The number of carbonyl (C=O) groups is 2. The lowest BCUT2D eigenvalue weighted by atomic mass is 10.2. The third-order valence-electron chi connectivity index (χ3n) is 2.46. The van der Waals surface area contributed by atoms with Crippen molar-refractivity contribution in [2.75, 3.05) is 12.3 Å². The van der Waals surface area contributed by atoms with Gasteiger partial charge in [0.15, 0.2) is 6.10 Å². The average Bonchev–Trinajstić information content (AvgIpc) is 2.41. The number of anilines is 1. The SMILES string of the molecule is CCOC(=O)C(CC)OC(=O)c1cc(N)c(Cl)c(Cl)c1. The molecular formula is C13H15Cl2NO4. The first-order chi connectivity index (χ1) is 9.40. The highest BCUT2D eigenvalue weighted by molar-refractivity contribution is 6.43. The van der Waals surface area contributed by atoms with E-state index in [1.165, 1.54) is 12.1 Å². The van der Waals surface area contributed by atoms with Crippen LogP contribution in [0.5, 0.6) is 0 Å². The van der Waals surface area contributed by atoms with Gasteiger partial charge in [0.1, 0.15) is 0 Å². The quantitative estimate of drug-likeness (QED) is 0.666. The molecule has 0 aliphatic carbocycles. The fourth-order valence-electron chi connectivity index (χ4n) is 1.46. The smallest absolute Gasteiger partial charge is 0.347 e. The molecule has 0 radical (unpaired) electrons. The maximum absolute atomic E-state index is 12.0. The molecular weight excluding hydrogens is 305 g/mol. The predicted octanol–water partition coefficient (Wildman–Crippen LogP) is 3.07. The van der Waals surface area contributed by atoms with Crippen LogP contribution in [0.1, 0.15) is 30.6 Å². The Hall–Kier alpha value is -1.46.